The van der Waals surface area contributed by atoms with E-state index in [2.05, 4.69) is 15.0 Å². The molecule has 8 nitrogen and oxygen atoms in total. The Morgan fingerprint density at radius 1 is 1.06 bits per heavy atom. The number of carbonyl (C=O) groups excluding carboxylic acids is 2. The first kappa shape index (κ1) is 23.1. The first-order chi connectivity index (χ1) is 16.0. The van der Waals surface area contributed by atoms with E-state index in [1.54, 1.807) is 21.7 Å². The topological polar surface area (TPSA) is 74.6 Å². The summed E-state index contributed by atoms with van der Waals surface area (Å²) in [5, 5.41) is 6.41. The van der Waals surface area contributed by atoms with Crippen molar-refractivity contribution in [1.82, 2.24) is 29.5 Å². The molecule has 1 aliphatic rings. The van der Waals surface area contributed by atoms with Gasteiger partial charge in [0.1, 0.15) is 5.82 Å². The van der Waals surface area contributed by atoms with Crippen molar-refractivity contribution in [3.05, 3.63) is 53.4 Å². The van der Waals surface area contributed by atoms with Gasteiger partial charge in [-0.2, -0.15) is 0 Å². The van der Waals surface area contributed by atoms with Crippen LogP contribution in [0.4, 0.5) is 4.39 Å². The number of halogens is 1. The van der Waals surface area contributed by atoms with Crippen LogP contribution in [0.1, 0.15) is 24.5 Å². The Hall–Kier alpha value is -3.11. The molecule has 0 aliphatic carbocycles. The fraction of sp³-hybridized carbons (Fsp3) is 0.391. The molecular formula is C23H27FN6O2S. The molecule has 0 unspecified atom stereocenters. The molecule has 0 saturated carbocycles. The van der Waals surface area contributed by atoms with E-state index in [9.17, 15) is 14.0 Å². The number of amides is 2. The van der Waals surface area contributed by atoms with Crippen molar-refractivity contribution < 1.29 is 14.0 Å². The van der Waals surface area contributed by atoms with Crippen LogP contribution in [0.25, 0.3) is 16.4 Å². The average Bonchev–Trinajstić information content (AvgIpc) is 3.51. The molecule has 10 heteroatoms. The van der Waals surface area contributed by atoms with E-state index in [-0.39, 0.29) is 23.5 Å². The van der Waals surface area contributed by atoms with Crippen LogP contribution in [0, 0.1) is 5.82 Å². The number of thiophene rings is 1. The van der Waals surface area contributed by atoms with Gasteiger partial charge in [0.15, 0.2) is 5.82 Å². The molecular weight excluding hydrogens is 443 g/mol. The molecule has 174 valence electrons. The van der Waals surface area contributed by atoms with Gasteiger partial charge in [-0.25, -0.2) is 14.1 Å². The van der Waals surface area contributed by atoms with Gasteiger partial charge in [0.25, 0.3) is 5.91 Å². The summed E-state index contributed by atoms with van der Waals surface area (Å²) in [4.78, 5) is 36.6. The molecule has 0 spiro atoms. The maximum absolute atomic E-state index is 13.4. The molecule has 2 aromatic heterocycles. The SMILES string of the molecule is CCN(CC)C(=O)CN1CCN(C(=O)c2nc(-c3cccs3)n(-c3ccc(F)cc3)n2)CC1. The third-order valence-corrected chi connectivity index (χ3v) is 6.61. The molecule has 3 aromatic rings. The Kier molecular flexibility index (Phi) is 7.14. The minimum atomic E-state index is -0.342. The Balaban J connectivity index is 1.48. The van der Waals surface area contributed by atoms with Crippen LogP contribution in [-0.2, 0) is 4.79 Å². The van der Waals surface area contributed by atoms with Gasteiger partial charge < -0.3 is 9.80 Å². The summed E-state index contributed by atoms with van der Waals surface area (Å²) in [7, 11) is 0. The highest BCUT2D eigenvalue weighted by Crippen LogP contribution is 2.26. The maximum Gasteiger partial charge on any atom is 0.293 e. The molecule has 1 saturated heterocycles. The van der Waals surface area contributed by atoms with E-state index in [0.29, 0.717) is 57.3 Å². The first-order valence-electron chi connectivity index (χ1n) is 11.1. The number of rotatable bonds is 7. The van der Waals surface area contributed by atoms with Crippen LogP contribution in [0.3, 0.4) is 0 Å². The van der Waals surface area contributed by atoms with Crippen molar-refractivity contribution >= 4 is 23.2 Å². The molecule has 2 amide bonds. The second kappa shape index (κ2) is 10.2. The highest BCUT2D eigenvalue weighted by atomic mass is 32.1. The fourth-order valence-electron chi connectivity index (χ4n) is 3.85. The molecule has 3 heterocycles. The molecule has 4 rings (SSSR count). The Bertz CT molecular complexity index is 1090. The van der Waals surface area contributed by atoms with Gasteiger partial charge in [-0.05, 0) is 49.6 Å². The number of aromatic nitrogens is 3. The Morgan fingerprint density at radius 2 is 1.76 bits per heavy atom. The number of hydrogen-bond donors (Lipinski definition) is 0. The van der Waals surface area contributed by atoms with Gasteiger partial charge in [0.2, 0.25) is 11.7 Å². The lowest BCUT2D eigenvalue weighted by Gasteiger charge is -2.34. The number of benzene rings is 1. The second-order valence-electron chi connectivity index (χ2n) is 7.76. The van der Waals surface area contributed by atoms with E-state index < -0.39 is 0 Å². The van der Waals surface area contributed by atoms with E-state index in [0.717, 1.165) is 4.88 Å². The lowest BCUT2D eigenvalue weighted by Crippen LogP contribution is -2.51. The van der Waals surface area contributed by atoms with Gasteiger partial charge in [-0.15, -0.1) is 16.4 Å². The summed E-state index contributed by atoms with van der Waals surface area (Å²) in [6.07, 6.45) is 0. The monoisotopic (exact) mass is 470 g/mol. The van der Waals surface area contributed by atoms with E-state index in [1.807, 2.05) is 36.3 Å². The number of hydrogen-bond acceptors (Lipinski definition) is 6. The van der Waals surface area contributed by atoms with Crippen molar-refractivity contribution in [1.29, 1.82) is 0 Å². The fourth-order valence-corrected chi connectivity index (χ4v) is 4.55. The smallest absolute Gasteiger partial charge is 0.293 e. The highest BCUT2D eigenvalue weighted by Gasteiger charge is 2.28. The number of piperazine rings is 1. The van der Waals surface area contributed by atoms with Crippen molar-refractivity contribution in [2.75, 3.05) is 45.8 Å². The minimum Gasteiger partial charge on any atom is -0.342 e. The van der Waals surface area contributed by atoms with Crippen molar-refractivity contribution in [3.8, 4) is 16.4 Å². The summed E-state index contributed by atoms with van der Waals surface area (Å²) in [6, 6.07) is 9.76. The summed E-state index contributed by atoms with van der Waals surface area (Å²) in [5.41, 5.74) is 0.631. The molecule has 1 fully saturated rings. The van der Waals surface area contributed by atoms with Gasteiger partial charge >= 0.3 is 0 Å². The Labute approximate surface area is 196 Å². The van der Waals surface area contributed by atoms with Crippen molar-refractivity contribution in [2.45, 2.75) is 13.8 Å². The molecule has 0 N–H and O–H groups in total. The molecule has 0 bridgehead atoms. The predicted molar refractivity (Wildman–Crippen MR) is 125 cm³/mol. The van der Waals surface area contributed by atoms with E-state index in [4.69, 9.17) is 0 Å². The predicted octanol–water partition coefficient (Wildman–Crippen LogP) is 2.76. The Morgan fingerprint density at radius 3 is 2.36 bits per heavy atom. The summed E-state index contributed by atoms with van der Waals surface area (Å²) in [5.74, 6) is 0.174. The molecule has 1 aliphatic heterocycles. The van der Waals surface area contributed by atoms with Crippen LogP contribution in [0.5, 0.6) is 0 Å². The van der Waals surface area contributed by atoms with Crippen LogP contribution < -0.4 is 0 Å². The van der Waals surface area contributed by atoms with Crippen LogP contribution in [0.15, 0.2) is 41.8 Å². The van der Waals surface area contributed by atoms with Crippen LogP contribution in [0.2, 0.25) is 0 Å². The van der Waals surface area contributed by atoms with Crippen LogP contribution in [-0.4, -0.2) is 87.1 Å². The molecule has 0 radical (unpaired) electrons. The third kappa shape index (κ3) is 5.12. The van der Waals surface area contributed by atoms with Gasteiger partial charge in [0.05, 0.1) is 17.1 Å². The highest BCUT2D eigenvalue weighted by molar-refractivity contribution is 7.13. The lowest BCUT2D eigenvalue weighted by molar-refractivity contribution is -0.132. The quantitative estimate of drug-likeness (QED) is 0.531. The normalized spacial score (nSPS) is 14.5. The zero-order valence-electron chi connectivity index (χ0n) is 18.8. The maximum atomic E-state index is 13.4. The molecule has 0 atom stereocenters. The molecule has 1 aromatic carbocycles. The summed E-state index contributed by atoms with van der Waals surface area (Å²) >= 11 is 1.50. The zero-order valence-corrected chi connectivity index (χ0v) is 19.6. The summed E-state index contributed by atoms with van der Waals surface area (Å²) < 4.78 is 15.0. The van der Waals surface area contributed by atoms with Crippen molar-refractivity contribution in [2.24, 2.45) is 0 Å². The third-order valence-electron chi connectivity index (χ3n) is 5.75. The van der Waals surface area contributed by atoms with E-state index >= 15 is 0 Å². The van der Waals surface area contributed by atoms with Gasteiger partial charge in [-0.3, -0.25) is 14.5 Å². The number of nitrogens with zero attached hydrogens (tertiary/aromatic N) is 6. The number of carbonyl (C=O) groups is 2. The van der Waals surface area contributed by atoms with Crippen molar-refractivity contribution in [3.63, 3.8) is 0 Å². The second-order valence-corrected chi connectivity index (χ2v) is 8.71. The minimum absolute atomic E-state index is 0.107. The lowest BCUT2D eigenvalue weighted by atomic mass is 10.3. The van der Waals surface area contributed by atoms with Gasteiger partial charge in [0, 0.05) is 39.3 Å². The summed E-state index contributed by atoms with van der Waals surface area (Å²) in [6.45, 7) is 7.95. The van der Waals surface area contributed by atoms with E-state index in [1.165, 1.54) is 23.5 Å². The zero-order chi connectivity index (χ0) is 23.4. The average molecular weight is 471 g/mol. The largest absolute Gasteiger partial charge is 0.342 e. The number of likely N-dealkylation sites (N-methyl/N-ethyl adjacent to an activating group) is 1. The molecule has 33 heavy (non-hydrogen) atoms. The van der Waals surface area contributed by atoms with Crippen LogP contribution >= 0.6 is 11.3 Å². The first-order valence-corrected chi connectivity index (χ1v) is 11.9. The van der Waals surface area contributed by atoms with Gasteiger partial charge in [-0.1, -0.05) is 6.07 Å². The standard InChI is InChI=1S/C23H27FN6O2S/c1-3-28(4-2)20(31)16-27-11-13-29(14-12-27)23(32)21-25-22(19-6-5-15-33-19)30(26-21)18-9-7-17(24)8-10-18/h5-10,15H,3-4,11-14,16H2,1-2H3.